The van der Waals surface area contributed by atoms with Crippen molar-refractivity contribution in [2.75, 3.05) is 22.1 Å². The quantitative estimate of drug-likeness (QED) is 0.643. The summed E-state index contributed by atoms with van der Waals surface area (Å²) in [5.74, 6) is -0.208. The molecule has 1 aliphatic heterocycles. The van der Waals surface area contributed by atoms with Crippen molar-refractivity contribution in [3.05, 3.63) is 66.2 Å². The predicted molar refractivity (Wildman–Crippen MR) is 121 cm³/mol. The van der Waals surface area contributed by atoms with Crippen molar-refractivity contribution >= 4 is 45.6 Å². The normalized spacial score (nSPS) is 15.9. The second kappa shape index (κ2) is 7.87. The Labute approximate surface area is 180 Å². The molecule has 156 valence electrons. The van der Waals surface area contributed by atoms with Gasteiger partial charge in [-0.2, -0.15) is 0 Å². The van der Waals surface area contributed by atoms with Crippen LogP contribution < -0.4 is 15.5 Å². The Hall–Kier alpha value is -3.67. The molecule has 2 aliphatic rings. The Morgan fingerprint density at radius 3 is 2.39 bits per heavy atom. The molecule has 1 aliphatic carbocycles. The van der Waals surface area contributed by atoms with Crippen LogP contribution in [0, 0.1) is 5.92 Å². The number of rotatable bonds is 5. The van der Waals surface area contributed by atoms with Gasteiger partial charge in [0.1, 0.15) is 0 Å². The Morgan fingerprint density at radius 2 is 1.68 bits per heavy atom. The number of hydrogen-bond donors (Lipinski definition) is 2. The molecular weight excluding hydrogens is 390 g/mol. The molecule has 2 N–H and O–H groups in total. The molecule has 0 unspecified atom stereocenters. The predicted octanol–water partition coefficient (Wildman–Crippen LogP) is 4.57. The summed E-state index contributed by atoms with van der Waals surface area (Å²) >= 11 is 0. The van der Waals surface area contributed by atoms with Crippen LogP contribution in [0.3, 0.4) is 0 Å². The highest BCUT2D eigenvalue weighted by atomic mass is 16.2. The third-order valence-electron chi connectivity index (χ3n) is 5.83. The van der Waals surface area contributed by atoms with Gasteiger partial charge in [-0.05, 0) is 60.4 Å². The summed E-state index contributed by atoms with van der Waals surface area (Å²) in [7, 11) is 0. The lowest BCUT2D eigenvalue weighted by atomic mass is 10.0. The first-order valence-electron chi connectivity index (χ1n) is 10.6. The monoisotopic (exact) mass is 413 g/mol. The van der Waals surface area contributed by atoms with Crippen LogP contribution in [-0.4, -0.2) is 24.3 Å². The van der Waals surface area contributed by atoms with E-state index in [0.29, 0.717) is 29.9 Å². The summed E-state index contributed by atoms with van der Waals surface area (Å²) in [4.78, 5) is 39.4. The molecule has 5 rings (SSSR count). The minimum atomic E-state index is -0.304. The summed E-state index contributed by atoms with van der Waals surface area (Å²) in [6.07, 6.45) is 3.18. The first kappa shape index (κ1) is 19.3. The van der Waals surface area contributed by atoms with E-state index in [4.69, 9.17) is 0 Å². The average Bonchev–Trinajstić information content (AvgIpc) is 3.54. The summed E-state index contributed by atoms with van der Waals surface area (Å²) in [6.45, 7) is 0.693. The number of hydrogen-bond acceptors (Lipinski definition) is 3. The van der Waals surface area contributed by atoms with Gasteiger partial charge in [0.2, 0.25) is 11.8 Å². The fraction of sp³-hybridized carbons (Fsp3) is 0.240. The van der Waals surface area contributed by atoms with E-state index in [2.05, 4.69) is 10.6 Å². The lowest BCUT2D eigenvalue weighted by molar-refractivity contribution is -0.118. The number of carbonyl (C=O) groups excluding carboxylic acids is 3. The number of anilines is 3. The van der Waals surface area contributed by atoms with Crippen molar-refractivity contribution in [1.29, 1.82) is 0 Å². The molecule has 1 saturated carbocycles. The summed E-state index contributed by atoms with van der Waals surface area (Å²) < 4.78 is 0. The summed E-state index contributed by atoms with van der Waals surface area (Å²) in [6, 6.07) is 18.7. The Kier molecular flexibility index (Phi) is 4.90. The SMILES string of the molecule is O=C(Nc1cccc(N2CCCC2=O)c1)c1cc2ccccc2cc1NC(=O)C1CC1. The van der Waals surface area contributed by atoms with Gasteiger partial charge in [-0.25, -0.2) is 0 Å². The first-order valence-corrected chi connectivity index (χ1v) is 10.6. The zero-order chi connectivity index (χ0) is 21.4. The molecule has 31 heavy (non-hydrogen) atoms. The maximum Gasteiger partial charge on any atom is 0.257 e. The van der Waals surface area contributed by atoms with Gasteiger partial charge in [0, 0.05) is 30.3 Å². The van der Waals surface area contributed by atoms with E-state index < -0.39 is 0 Å². The minimum Gasteiger partial charge on any atom is -0.325 e. The van der Waals surface area contributed by atoms with Crippen molar-refractivity contribution in [3.63, 3.8) is 0 Å². The van der Waals surface area contributed by atoms with Crippen molar-refractivity contribution in [2.24, 2.45) is 5.92 Å². The van der Waals surface area contributed by atoms with Crippen molar-refractivity contribution in [2.45, 2.75) is 25.7 Å². The molecule has 6 heteroatoms. The Balaban J connectivity index is 1.44. The molecule has 0 radical (unpaired) electrons. The molecule has 2 fully saturated rings. The standard InChI is InChI=1S/C25H23N3O3/c29-23-9-4-12-28(23)20-8-3-7-19(15-20)26-25(31)21-13-17-5-1-2-6-18(17)14-22(21)27-24(30)16-10-11-16/h1-3,5-8,13-16H,4,9-12H2,(H,26,31)(H,27,30). The average molecular weight is 413 g/mol. The molecular formula is C25H23N3O3. The van der Waals surface area contributed by atoms with Crippen LogP contribution in [0.2, 0.25) is 0 Å². The maximum absolute atomic E-state index is 13.2. The summed E-state index contributed by atoms with van der Waals surface area (Å²) in [5.41, 5.74) is 2.31. The molecule has 1 heterocycles. The second-order valence-electron chi connectivity index (χ2n) is 8.16. The third kappa shape index (κ3) is 4.01. The van der Waals surface area contributed by atoms with Gasteiger partial charge < -0.3 is 15.5 Å². The van der Waals surface area contributed by atoms with Crippen molar-refractivity contribution < 1.29 is 14.4 Å². The molecule has 3 amide bonds. The Morgan fingerprint density at radius 1 is 0.903 bits per heavy atom. The molecule has 3 aromatic rings. The number of nitrogens with one attached hydrogen (secondary N) is 2. The fourth-order valence-corrected chi connectivity index (χ4v) is 3.98. The maximum atomic E-state index is 13.2. The molecule has 1 saturated heterocycles. The third-order valence-corrected chi connectivity index (χ3v) is 5.83. The van der Waals surface area contributed by atoms with Gasteiger partial charge in [0.15, 0.2) is 0 Å². The molecule has 0 atom stereocenters. The van der Waals surface area contributed by atoms with Crippen LogP contribution in [0.4, 0.5) is 17.1 Å². The second-order valence-corrected chi connectivity index (χ2v) is 8.16. The highest BCUT2D eigenvalue weighted by Crippen LogP contribution is 2.32. The molecule has 0 aromatic heterocycles. The van der Waals surface area contributed by atoms with E-state index in [1.165, 1.54) is 0 Å². The number of fused-ring (bicyclic) bond motifs is 1. The molecule has 6 nitrogen and oxygen atoms in total. The van der Waals surface area contributed by atoms with Crippen LogP contribution in [0.1, 0.15) is 36.0 Å². The zero-order valence-corrected chi connectivity index (χ0v) is 17.1. The van der Waals surface area contributed by atoms with Crippen LogP contribution >= 0.6 is 0 Å². The number of amides is 3. The van der Waals surface area contributed by atoms with E-state index in [1.807, 2.05) is 48.5 Å². The number of benzene rings is 3. The van der Waals surface area contributed by atoms with Gasteiger partial charge in [0.25, 0.3) is 5.91 Å². The number of nitrogens with zero attached hydrogens (tertiary/aromatic N) is 1. The van der Waals surface area contributed by atoms with Gasteiger partial charge in [-0.1, -0.05) is 30.3 Å². The molecule has 0 spiro atoms. The van der Waals surface area contributed by atoms with Crippen molar-refractivity contribution in [1.82, 2.24) is 0 Å². The topological polar surface area (TPSA) is 78.5 Å². The minimum absolute atomic E-state index is 0.0389. The van der Waals surface area contributed by atoms with Gasteiger partial charge in [0.05, 0.1) is 11.3 Å². The molecule has 3 aromatic carbocycles. The fourth-order valence-electron chi connectivity index (χ4n) is 3.98. The Bertz CT molecular complexity index is 1200. The highest BCUT2D eigenvalue weighted by Gasteiger charge is 2.30. The number of carbonyl (C=O) groups is 3. The highest BCUT2D eigenvalue weighted by molar-refractivity contribution is 6.13. The van der Waals surface area contributed by atoms with Gasteiger partial charge >= 0.3 is 0 Å². The van der Waals surface area contributed by atoms with Crippen molar-refractivity contribution in [3.8, 4) is 0 Å². The van der Waals surface area contributed by atoms with E-state index in [-0.39, 0.29) is 23.6 Å². The van der Waals surface area contributed by atoms with E-state index in [9.17, 15) is 14.4 Å². The largest absolute Gasteiger partial charge is 0.325 e. The molecule has 0 bridgehead atoms. The van der Waals surface area contributed by atoms with E-state index in [0.717, 1.165) is 35.7 Å². The smallest absolute Gasteiger partial charge is 0.257 e. The van der Waals surface area contributed by atoms with Crippen LogP contribution in [0.15, 0.2) is 60.7 Å². The van der Waals surface area contributed by atoms with Crippen LogP contribution in [-0.2, 0) is 9.59 Å². The van der Waals surface area contributed by atoms with E-state index >= 15 is 0 Å². The zero-order valence-electron chi connectivity index (χ0n) is 17.1. The van der Waals surface area contributed by atoms with Crippen LogP contribution in [0.25, 0.3) is 10.8 Å². The first-order chi connectivity index (χ1) is 15.1. The van der Waals surface area contributed by atoms with Crippen LogP contribution in [0.5, 0.6) is 0 Å². The van der Waals surface area contributed by atoms with E-state index in [1.54, 1.807) is 17.0 Å². The van der Waals surface area contributed by atoms with Gasteiger partial charge in [-0.3, -0.25) is 14.4 Å². The van der Waals surface area contributed by atoms with Gasteiger partial charge in [-0.15, -0.1) is 0 Å². The lowest BCUT2D eigenvalue weighted by Crippen LogP contribution is -2.24. The summed E-state index contributed by atoms with van der Waals surface area (Å²) in [5, 5.41) is 7.76. The lowest BCUT2D eigenvalue weighted by Gasteiger charge is -2.17.